The molecule has 1 atom stereocenters. The second-order valence-electron chi connectivity index (χ2n) is 7.88. The number of amides is 1. The molecule has 0 aliphatic carbocycles. The Balaban J connectivity index is 1.55. The molecule has 0 radical (unpaired) electrons. The molecule has 3 aromatic heterocycles. The smallest absolute Gasteiger partial charge is 0.260 e. The normalized spacial score (nSPS) is 16.3. The summed E-state index contributed by atoms with van der Waals surface area (Å²) in [5.74, 6) is 1.36. The third-order valence-electron chi connectivity index (χ3n) is 5.55. The van der Waals surface area contributed by atoms with Gasteiger partial charge in [0.15, 0.2) is 5.82 Å². The van der Waals surface area contributed by atoms with Crippen LogP contribution < -0.4 is 10.1 Å². The van der Waals surface area contributed by atoms with E-state index in [1.165, 1.54) is 0 Å². The lowest BCUT2D eigenvalue weighted by Gasteiger charge is -2.18. The van der Waals surface area contributed by atoms with Crippen LogP contribution in [0.15, 0.2) is 55.1 Å². The number of nitrogens with one attached hydrogen (secondary N) is 1. The summed E-state index contributed by atoms with van der Waals surface area (Å²) in [6.45, 7) is 2.62. The molecule has 0 saturated heterocycles. The molecular formula is C23H23N7O2. The van der Waals surface area contributed by atoms with E-state index < -0.39 is 0 Å². The van der Waals surface area contributed by atoms with Gasteiger partial charge >= 0.3 is 0 Å². The van der Waals surface area contributed by atoms with E-state index in [0.717, 1.165) is 24.0 Å². The number of nitrogens with zero attached hydrogens (tertiary/aromatic N) is 6. The minimum absolute atomic E-state index is 0.180. The molecule has 1 aliphatic rings. The SMILES string of the molecule is CC1CCCOc2ccc(-c3cnn(C)c3)cc2C(=O)Nc2cccc(n2)-c2nncn21. The minimum Gasteiger partial charge on any atom is -0.493 e. The van der Waals surface area contributed by atoms with Gasteiger partial charge in [-0.15, -0.1) is 10.2 Å². The predicted molar refractivity (Wildman–Crippen MR) is 119 cm³/mol. The van der Waals surface area contributed by atoms with Crippen molar-refractivity contribution in [3.05, 3.63) is 60.7 Å². The van der Waals surface area contributed by atoms with Crippen molar-refractivity contribution < 1.29 is 9.53 Å². The van der Waals surface area contributed by atoms with Crippen molar-refractivity contribution >= 4 is 11.7 Å². The van der Waals surface area contributed by atoms with E-state index >= 15 is 0 Å². The summed E-state index contributed by atoms with van der Waals surface area (Å²) in [6, 6.07) is 11.3. The zero-order valence-electron chi connectivity index (χ0n) is 17.9. The van der Waals surface area contributed by atoms with Crippen molar-refractivity contribution in [2.75, 3.05) is 11.9 Å². The number of ether oxygens (including phenoxy) is 1. The first-order valence-corrected chi connectivity index (χ1v) is 10.5. The average Bonchev–Trinajstić information content (AvgIpc) is 3.45. The number of anilines is 1. The van der Waals surface area contributed by atoms with Crippen LogP contribution in [-0.4, -0.2) is 42.0 Å². The maximum atomic E-state index is 13.2. The van der Waals surface area contributed by atoms with E-state index in [1.807, 2.05) is 48.1 Å². The van der Waals surface area contributed by atoms with Crippen molar-refractivity contribution in [2.45, 2.75) is 25.8 Å². The van der Waals surface area contributed by atoms with E-state index in [2.05, 4.69) is 32.5 Å². The van der Waals surface area contributed by atoms with E-state index in [1.54, 1.807) is 23.3 Å². The number of hydrogen-bond donors (Lipinski definition) is 1. The van der Waals surface area contributed by atoms with Gasteiger partial charge in [0.05, 0.1) is 18.4 Å². The molecule has 1 amide bonds. The van der Waals surface area contributed by atoms with Crippen LogP contribution in [0.25, 0.3) is 22.6 Å². The largest absolute Gasteiger partial charge is 0.493 e. The molecule has 1 aromatic carbocycles. The Labute approximate surface area is 185 Å². The van der Waals surface area contributed by atoms with Crippen LogP contribution in [-0.2, 0) is 7.05 Å². The van der Waals surface area contributed by atoms with Crippen molar-refractivity contribution in [3.63, 3.8) is 0 Å². The Morgan fingerprint density at radius 1 is 1.19 bits per heavy atom. The number of aromatic nitrogens is 6. The van der Waals surface area contributed by atoms with Gasteiger partial charge in [-0.05, 0) is 49.6 Å². The second kappa shape index (κ2) is 8.26. The zero-order chi connectivity index (χ0) is 22.1. The van der Waals surface area contributed by atoms with Crippen LogP contribution in [0.3, 0.4) is 0 Å². The fourth-order valence-electron chi connectivity index (χ4n) is 3.84. The Hall–Kier alpha value is -4.01. The Morgan fingerprint density at radius 3 is 2.94 bits per heavy atom. The summed E-state index contributed by atoms with van der Waals surface area (Å²) < 4.78 is 9.77. The summed E-state index contributed by atoms with van der Waals surface area (Å²) in [7, 11) is 1.86. The number of aryl methyl sites for hydroxylation is 1. The van der Waals surface area contributed by atoms with Gasteiger partial charge in [-0.1, -0.05) is 12.1 Å². The molecule has 9 nitrogen and oxygen atoms in total. The van der Waals surface area contributed by atoms with E-state index in [0.29, 0.717) is 35.3 Å². The number of fused-ring (bicyclic) bond motifs is 5. The molecule has 1 N–H and O–H groups in total. The first-order chi connectivity index (χ1) is 15.6. The van der Waals surface area contributed by atoms with Crippen LogP contribution in [0.2, 0.25) is 0 Å². The van der Waals surface area contributed by atoms with Gasteiger partial charge in [-0.2, -0.15) is 5.10 Å². The molecule has 1 aliphatic heterocycles. The lowest BCUT2D eigenvalue weighted by molar-refractivity contribution is 0.102. The molecule has 0 saturated carbocycles. The van der Waals surface area contributed by atoms with Crippen molar-refractivity contribution in [3.8, 4) is 28.4 Å². The molecule has 0 spiro atoms. The number of benzene rings is 1. The topological polar surface area (TPSA) is 99.8 Å². The number of carbonyl (C=O) groups is 1. The molecule has 2 bridgehead atoms. The third-order valence-corrected chi connectivity index (χ3v) is 5.55. The average molecular weight is 429 g/mol. The highest BCUT2D eigenvalue weighted by atomic mass is 16.5. The number of pyridine rings is 1. The maximum Gasteiger partial charge on any atom is 0.260 e. The lowest BCUT2D eigenvalue weighted by Crippen LogP contribution is -2.16. The molecule has 162 valence electrons. The van der Waals surface area contributed by atoms with Crippen LogP contribution in [0.5, 0.6) is 5.75 Å². The quantitative estimate of drug-likeness (QED) is 0.495. The predicted octanol–water partition coefficient (Wildman–Crippen LogP) is 3.73. The molecular weight excluding hydrogens is 406 g/mol. The maximum absolute atomic E-state index is 13.2. The fourth-order valence-corrected chi connectivity index (χ4v) is 3.84. The van der Waals surface area contributed by atoms with Crippen LogP contribution in [0.1, 0.15) is 36.2 Å². The summed E-state index contributed by atoms with van der Waals surface area (Å²) in [6.07, 6.45) is 7.09. The lowest BCUT2D eigenvalue weighted by atomic mass is 10.0. The van der Waals surface area contributed by atoms with Gasteiger partial charge in [0.2, 0.25) is 0 Å². The van der Waals surface area contributed by atoms with Crippen LogP contribution in [0.4, 0.5) is 5.82 Å². The minimum atomic E-state index is -0.290. The van der Waals surface area contributed by atoms with Gasteiger partial charge in [0.1, 0.15) is 23.6 Å². The molecule has 9 heteroatoms. The van der Waals surface area contributed by atoms with Crippen molar-refractivity contribution in [1.82, 2.24) is 29.5 Å². The van der Waals surface area contributed by atoms with E-state index in [9.17, 15) is 4.79 Å². The fraction of sp³-hybridized carbons (Fsp3) is 0.261. The van der Waals surface area contributed by atoms with Gasteiger partial charge in [-0.25, -0.2) is 4.98 Å². The Bertz CT molecular complexity index is 1280. The molecule has 1 unspecified atom stereocenters. The second-order valence-corrected chi connectivity index (χ2v) is 7.88. The van der Waals surface area contributed by atoms with E-state index in [4.69, 9.17) is 4.74 Å². The number of rotatable bonds is 1. The zero-order valence-corrected chi connectivity index (χ0v) is 17.9. The van der Waals surface area contributed by atoms with Crippen molar-refractivity contribution in [1.29, 1.82) is 0 Å². The summed E-state index contributed by atoms with van der Waals surface area (Å²) in [5.41, 5.74) is 2.92. The number of hydrogen-bond acceptors (Lipinski definition) is 6. The molecule has 32 heavy (non-hydrogen) atoms. The highest BCUT2D eigenvalue weighted by Gasteiger charge is 2.19. The van der Waals surface area contributed by atoms with E-state index in [-0.39, 0.29) is 11.9 Å². The highest BCUT2D eigenvalue weighted by molar-refractivity contribution is 6.06. The summed E-state index contributed by atoms with van der Waals surface area (Å²) >= 11 is 0. The standard InChI is InChI=1S/C23H23N7O2/c1-15-5-4-10-32-20-9-8-16(17-12-25-29(2)13-17)11-18(20)23(31)27-21-7-3-6-19(26-21)22-28-24-14-30(15)22/h3,6-9,11-15H,4-5,10H2,1-2H3,(H,26,27,31). The summed E-state index contributed by atoms with van der Waals surface area (Å²) in [5, 5.41) is 15.5. The monoisotopic (exact) mass is 429 g/mol. The molecule has 4 aromatic rings. The van der Waals surface area contributed by atoms with Gasteiger partial charge in [-0.3, -0.25) is 9.48 Å². The molecule has 5 rings (SSSR count). The van der Waals surface area contributed by atoms with Gasteiger partial charge in [0.25, 0.3) is 5.91 Å². The van der Waals surface area contributed by atoms with Crippen LogP contribution >= 0.6 is 0 Å². The number of carbonyl (C=O) groups excluding carboxylic acids is 1. The highest BCUT2D eigenvalue weighted by Crippen LogP contribution is 2.29. The Kier molecular flexibility index (Phi) is 5.14. The van der Waals surface area contributed by atoms with Gasteiger partial charge in [0, 0.05) is 24.8 Å². The van der Waals surface area contributed by atoms with Gasteiger partial charge < -0.3 is 14.6 Å². The first kappa shape index (κ1) is 19.9. The first-order valence-electron chi connectivity index (χ1n) is 10.5. The molecule has 4 heterocycles. The Morgan fingerprint density at radius 2 is 2.09 bits per heavy atom. The van der Waals surface area contributed by atoms with Crippen molar-refractivity contribution in [2.24, 2.45) is 7.05 Å². The third kappa shape index (κ3) is 3.84. The molecule has 0 fully saturated rings. The summed E-state index contributed by atoms with van der Waals surface area (Å²) in [4.78, 5) is 17.8. The van der Waals surface area contributed by atoms with Crippen LogP contribution in [0, 0.1) is 0 Å².